The molecule has 0 fully saturated rings. The topological polar surface area (TPSA) is 17.3 Å². The van der Waals surface area contributed by atoms with Crippen molar-refractivity contribution in [3.8, 4) is 55.6 Å². The number of para-hydroxylation sites is 1. The standard InChI is InChI=1S/C61H38N2/c1-2-12-39(13-3-1)41-22-27-43(28-23-41)59-51-18-7-8-19-52(51)60(44-29-24-42(25-30-44)46-31-26-40-14-4-5-15-45(40)36-46)55-37-47(32-34-53(55)59)48-33-35-58-56(38-48)62-61-54-20-9-6-16-49(54)50-17-10-11-21-57(50)63(58)61/h1-38H. The van der Waals surface area contributed by atoms with E-state index in [-0.39, 0.29) is 0 Å². The number of rotatable bonds is 5. The fraction of sp³-hybridized carbons (Fsp3) is 0. The second-order valence-corrected chi connectivity index (χ2v) is 16.7. The summed E-state index contributed by atoms with van der Waals surface area (Å²) in [6.07, 6.45) is 0. The molecule has 0 saturated carbocycles. The summed E-state index contributed by atoms with van der Waals surface area (Å²) in [6, 6.07) is 84.3. The third kappa shape index (κ3) is 5.69. The largest absolute Gasteiger partial charge is 0.292 e. The van der Waals surface area contributed by atoms with Crippen LogP contribution in [-0.2, 0) is 0 Å². The lowest BCUT2D eigenvalue weighted by molar-refractivity contribution is 1.31. The average molecular weight is 799 g/mol. The molecule has 2 heterocycles. The van der Waals surface area contributed by atoms with Crippen molar-refractivity contribution in [2.45, 2.75) is 0 Å². The average Bonchev–Trinajstić information content (AvgIpc) is 3.75. The molecule has 0 aliphatic carbocycles. The molecule has 0 bridgehead atoms. The van der Waals surface area contributed by atoms with Crippen LogP contribution < -0.4 is 0 Å². The van der Waals surface area contributed by atoms with Crippen molar-refractivity contribution in [3.05, 3.63) is 231 Å². The summed E-state index contributed by atoms with van der Waals surface area (Å²) in [5, 5.41) is 11.0. The van der Waals surface area contributed by atoms with Crippen molar-refractivity contribution in [1.29, 1.82) is 0 Å². The Morgan fingerprint density at radius 2 is 0.730 bits per heavy atom. The van der Waals surface area contributed by atoms with Crippen LogP contribution in [0.5, 0.6) is 0 Å². The number of nitrogens with zero attached hydrogens (tertiary/aromatic N) is 2. The highest BCUT2D eigenvalue weighted by Gasteiger charge is 2.19. The van der Waals surface area contributed by atoms with Gasteiger partial charge in [-0.2, -0.15) is 0 Å². The first kappa shape index (κ1) is 35.4. The second-order valence-electron chi connectivity index (χ2n) is 16.7. The minimum absolute atomic E-state index is 0.983. The fourth-order valence-corrected chi connectivity index (χ4v) is 10.1. The SMILES string of the molecule is c1ccc(-c2ccc(-c3c4ccccc4c(-c4ccc(-c5ccc6ccccc6c5)cc4)c4cc(-c5ccc6c(c5)nc5c7ccccc7c7ccccc7n65)ccc34)cc2)cc1. The van der Waals surface area contributed by atoms with Gasteiger partial charge in [-0.25, -0.2) is 4.98 Å². The van der Waals surface area contributed by atoms with E-state index in [9.17, 15) is 0 Å². The molecule has 63 heavy (non-hydrogen) atoms. The summed E-state index contributed by atoms with van der Waals surface area (Å²) < 4.78 is 2.33. The quantitative estimate of drug-likeness (QED) is 0.125. The van der Waals surface area contributed by atoms with Crippen molar-refractivity contribution in [3.63, 3.8) is 0 Å². The Balaban J connectivity index is 1.02. The Morgan fingerprint density at radius 3 is 1.48 bits per heavy atom. The van der Waals surface area contributed by atoms with Gasteiger partial charge in [-0.05, 0) is 124 Å². The molecule has 2 aromatic heterocycles. The van der Waals surface area contributed by atoms with E-state index in [1.165, 1.54) is 93.1 Å². The predicted octanol–water partition coefficient (Wildman–Crippen LogP) is 16.6. The van der Waals surface area contributed by atoms with E-state index < -0.39 is 0 Å². The molecule has 292 valence electrons. The molecule has 13 rings (SSSR count). The van der Waals surface area contributed by atoms with Gasteiger partial charge in [-0.1, -0.05) is 200 Å². The molecule has 0 aliphatic heterocycles. The summed E-state index contributed by atoms with van der Waals surface area (Å²) in [4.78, 5) is 5.34. The van der Waals surface area contributed by atoms with E-state index in [1.54, 1.807) is 0 Å². The molecular formula is C61H38N2. The van der Waals surface area contributed by atoms with Crippen LogP contribution in [0, 0.1) is 0 Å². The van der Waals surface area contributed by atoms with Crippen molar-refractivity contribution in [2.75, 3.05) is 0 Å². The number of hydrogen-bond donors (Lipinski definition) is 0. The number of fused-ring (bicyclic) bond motifs is 11. The lowest BCUT2D eigenvalue weighted by atomic mass is 9.84. The molecule has 0 aliphatic rings. The van der Waals surface area contributed by atoms with Crippen LogP contribution >= 0.6 is 0 Å². The third-order valence-electron chi connectivity index (χ3n) is 13.2. The molecule has 13 aromatic rings. The Hall–Kier alpha value is -8.33. The Bertz CT molecular complexity index is 3930. The van der Waals surface area contributed by atoms with Crippen LogP contribution in [0.4, 0.5) is 0 Å². The maximum atomic E-state index is 5.34. The van der Waals surface area contributed by atoms with E-state index in [0.29, 0.717) is 0 Å². The summed E-state index contributed by atoms with van der Waals surface area (Å²) >= 11 is 0. The second kappa shape index (κ2) is 14.1. The van der Waals surface area contributed by atoms with Crippen LogP contribution in [0.15, 0.2) is 231 Å². The molecule has 0 unspecified atom stereocenters. The molecule has 0 spiro atoms. The molecule has 0 amide bonds. The summed E-state index contributed by atoms with van der Waals surface area (Å²) in [7, 11) is 0. The van der Waals surface area contributed by atoms with E-state index in [0.717, 1.165) is 33.2 Å². The van der Waals surface area contributed by atoms with E-state index >= 15 is 0 Å². The molecule has 0 atom stereocenters. The van der Waals surface area contributed by atoms with Crippen LogP contribution in [0.3, 0.4) is 0 Å². The third-order valence-corrected chi connectivity index (χ3v) is 13.2. The maximum absolute atomic E-state index is 5.34. The first-order chi connectivity index (χ1) is 31.2. The van der Waals surface area contributed by atoms with Crippen molar-refractivity contribution in [1.82, 2.24) is 9.38 Å². The summed E-state index contributed by atoms with van der Waals surface area (Å²) in [5.74, 6) is 0. The van der Waals surface area contributed by atoms with Gasteiger partial charge < -0.3 is 0 Å². The molecule has 2 nitrogen and oxygen atoms in total. The van der Waals surface area contributed by atoms with Crippen molar-refractivity contribution < 1.29 is 0 Å². The molecular weight excluding hydrogens is 761 g/mol. The van der Waals surface area contributed by atoms with Gasteiger partial charge >= 0.3 is 0 Å². The first-order valence-corrected chi connectivity index (χ1v) is 21.7. The van der Waals surface area contributed by atoms with Gasteiger partial charge in [0.05, 0.1) is 16.6 Å². The zero-order valence-electron chi connectivity index (χ0n) is 34.3. The van der Waals surface area contributed by atoms with Crippen molar-refractivity contribution in [2.24, 2.45) is 0 Å². The Kier molecular flexibility index (Phi) is 7.94. The van der Waals surface area contributed by atoms with Crippen molar-refractivity contribution >= 4 is 70.7 Å². The zero-order chi connectivity index (χ0) is 41.4. The molecule has 0 saturated heterocycles. The first-order valence-electron chi connectivity index (χ1n) is 21.7. The highest BCUT2D eigenvalue weighted by Crippen LogP contribution is 2.46. The maximum Gasteiger partial charge on any atom is 0.146 e. The lowest BCUT2D eigenvalue weighted by Gasteiger charge is -2.19. The zero-order valence-corrected chi connectivity index (χ0v) is 34.3. The minimum Gasteiger partial charge on any atom is -0.292 e. The predicted molar refractivity (Wildman–Crippen MR) is 267 cm³/mol. The molecule has 0 N–H and O–H groups in total. The van der Waals surface area contributed by atoms with Gasteiger partial charge in [0.25, 0.3) is 0 Å². The van der Waals surface area contributed by atoms with E-state index in [4.69, 9.17) is 4.98 Å². The summed E-state index contributed by atoms with van der Waals surface area (Å²) in [6.45, 7) is 0. The monoisotopic (exact) mass is 798 g/mol. The van der Waals surface area contributed by atoms with Crippen LogP contribution in [0.25, 0.3) is 126 Å². The molecule has 2 heteroatoms. The lowest BCUT2D eigenvalue weighted by Crippen LogP contribution is -1.92. The van der Waals surface area contributed by atoms with Gasteiger partial charge in [0.15, 0.2) is 0 Å². The van der Waals surface area contributed by atoms with Gasteiger partial charge in [0, 0.05) is 10.8 Å². The van der Waals surface area contributed by atoms with E-state index in [1.807, 2.05) is 0 Å². The molecule has 0 radical (unpaired) electrons. The number of aromatic nitrogens is 2. The van der Waals surface area contributed by atoms with Crippen LogP contribution in [-0.4, -0.2) is 9.38 Å². The Labute approximate surface area is 364 Å². The number of hydrogen-bond acceptors (Lipinski definition) is 1. The number of pyridine rings is 1. The van der Waals surface area contributed by atoms with Crippen LogP contribution in [0.2, 0.25) is 0 Å². The van der Waals surface area contributed by atoms with Gasteiger partial charge in [-0.15, -0.1) is 0 Å². The van der Waals surface area contributed by atoms with Gasteiger partial charge in [0.2, 0.25) is 0 Å². The molecule has 11 aromatic carbocycles. The number of imidazole rings is 1. The van der Waals surface area contributed by atoms with Gasteiger partial charge in [0.1, 0.15) is 5.65 Å². The fourth-order valence-electron chi connectivity index (χ4n) is 10.1. The highest BCUT2D eigenvalue weighted by atomic mass is 15.0. The smallest absolute Gasteiger partial charge is 0.146 e. The minimum atomic E-state index is 0.983. The van der Waals surface area contributed by atoms with E-state index in [2.05, 4.69) is 235 Å². The van der Waals surface area contributed by atoms with Gasteiger partial charge in [-0.3, -0.25) is 4.40 Å². The highest BCUT2D eigenvalue weighted by molar-refractivity contribution is 6.22. The van der Waals surface area contributed by atoms with Crippen LogP contribution in [0.1, 0.15) is 0 Å². The normalized spacial score (nSPS) is 11.8. The number of benzene rings is 11. The Morgan fingerprint density at radius 1 is 0.254 bits per heavy atom. The summed E-state index contributed by atoms with van der Waals surface area (Å²) in [5.41, 5.74) is 16.3.